The van der Waals surface area contributed by atoms with Crippen LogP contribution in [0.5, 0.6) is 5.88 Å². The molecule has 1 atom stereocenters. The van der Waals surface area contributed by atoms with Crippen LogP contribution in [0.4, 0.5) is 0 Å². The summed E-state index contributed by atoms with van der Waals surface area (Å²) in [5, 5.41) is 9.99. The van der Waals surface area contributed by atoms with Crippen LogP contribution in [0, 0.1) is 5.41 Å². The summed E-state index contributed by atoms with van der Waals surface area (Å²) in [6.45, 7) is 3.40. The van der Waals surface area contributed by atoms with E-state index in [9.17, 15) is 9.90 Å². The summed E-state index contributed by atoms with van der Waals surface area (Å²) >= 11 is 6.16. The Hall–Kier alpha value is -2.07. The first-order valence-corrected chi connectivity index (χ1v) is 7.23. The van der Waals surface area contributed by atoms with Crippen molar-refractivity contribution in [3.05, 3.63) is 58.7 Å². The quantitative estimate of drug-likeness (QED) is 0.905. The number of hydrogen-bond donors (Lipinski definition) is 1. The van der Waals surface area contributed by atoms with Crippen molar-refractivity contribution in [3.8, 4) is 5.88 Å². The van der Waals surface area contributed by atoms with Gasteiger partial charge in [0.1, 0.15) is 5.02 Å². The predicted molar refractivity (Wildman–Crippen MR) is 85.5 cm³/mol. The number of carboxylic acids is 1. The Morgan fingerprint density at radius 2 is 1.91 bits per heavy atom. The third kappa shape index (κ3) is 3.07. The number of aromatic nitrogens is 1. The maximum Gasteiger partial charge on any atom is 0.310 e. The smallest absolute Gasteiger partial charge is 0.310 e. The number of pyridine rings is 1. The van der Waals surface area contributed by atoms with Gasteiger partial charge < -0.3 is 9.84 Å². The van der Waals surface area contributed by atoms with Crippen molar-refractivity contribution >= 4 is 17.6 Å². The van der Waals surface area contributed by atoms with E-state index in [0.29, 0.717) is 10.9 Å². The average molecular weight is 320 g/mol. The van der Waals surface area contributed by atoms with Crippen LogP contribution in [0.2, 0.25) is 5.02 Å². The Labute approximate surface area is 134 Å². The Morgan fingerprint density at radius 1 is 1.27 bits per heavy atom. The Morgan fingerprint density at radius 3 is 2.41 bits per heavy atom. The molecule has 0 amide bonds. The molecule has 1 aromatic heterocycles. The molecule has 0 fully saturated rings. The predicted octanol–water partition coefficient (Wildman–Crippen LogP) is 3.99. The van der Waals surface area contributed by atoms with Crippen LogP contribution in [0.25, 0.3) is 0 Å². The molecule has 1 N–H and O–H groups in total. The van der Waals surface area contributed by atoms with E-state index in [1.807, 2.05) is 30.3 Å². The van der Waals surface area contributed by atoms with Crippen molar-refractivity contribution in [2.45, 2.75) is 19.8 Å². The number of halogens is 1. The molecule has 1 aromatic carbocycles. The topological polar surface area (TPSA) is 59.4 Å². The number of carboxylic acid groups (broad SMARTS) is 1. The van der Waals surface area contributed by atoms with Gasteiger partial charge in [-0.15, -0.1) is 0 Å². The standard InChI is InChI=1S/C17H18ClNO3/c1-17(2,16(20)21)14(11-7-5-4-6-8-11)12-9-13(18)15(22-3)19-10-12/h4-10,14H,1-3H3,(H,20,21). The molecular formula is C17H18ClNO3. The summed E-state index contributed by atoms with van der Waals surface area (Å²) in [6.07, 6.45) is 1.62. The summed E-state index contributed by atoms with van der Waals surface area (Å²) < 4.78 is 5.06. The second-order valence-electron chi connectivity index (χ2n) is 5.63. The molecule has 0 aliphatic carbocycles. The van der Waals surface area contributed by atoms with E-state index in [2.05, 4.69) is 4.98 Å². The lowest BCUT2D eigenvalue weighted by Gasteiger charge is -2.31. The first-order chi connectivity index (χ1) is 10.4. The third-order valence-corrected chi connectivity index (χ3v) is 4.03. The average Bonchev–Trinajstić information content (AvgIpc) is 2.48. The van der Waals surface area contributed by atoms with Gasteiger partial charge in [-0.1, -0.05) is 41.9 Å². The number of hydrogen-bond acceptors (Lipinski definition) is 3. The highest BCUT2D eigenvalue weighted by atomic mass is 35.5. The molecule has 1 heterocycles. The molecule has 0 spiro atoms. The van der Waals surface area contributed by atoms with Gasteiger partial charge in [-0.05, 0) is 31.0 Å². The van der Waals surface area contributed by atoms with Gasteiger partial charge in [0.05, 0.1) is 12.5 Å². The first-order valence-electron chi connectivity index (χ1n) is 6.85. The molecule has 2 rings (SSSR count). The van der Waals surface area contributed by atoms with Crippen LogP contribution in [-0.4, -0.2) is 23.2 Å². The van der Waals surface area contributed by atoms with Crippen molar-refractivity contribution in [1.82, 2.24) is 4.98 Å². The van der Waals surface area contributed by atoms with E-state index in [1.54, 1.807) is 26.1 Å². The zero-order valence-corrected chi connectivity index (χ0v) is 13.5. The second kappa shape index (κ2) is 6.36. The minimum Gasteiger partial charge on any atom is -0.481 e. The molecule has 0 radical (unpaired) electrons. The third-order valence-electron chi connectivity index (χ3n) is 3.76. The van der Waals surface area contributed by atoms with Crippen molar-refractivity contribution in [2.75, 3.05) is 7.11 Å². The zero-order chi connectivity index (χ0) is 16.3. The van der Waals surface area contributed by atoms with Crippen LogP contribution in [0.3, 0.4) is 0 Å². The van der Waals surface area contributed by atoms with E-state index in [1.165, 1.54) is 7.11 Å². The number of rotatable bonds is 5. The van der Waals surface area contributed by atoms with Gasteiger partial charge in [0.25, 0.3) is 0 Å². The normalized spacial score (nSPS) is 12.7. The van der Waals surface area contributed by atoms with E-state index in [0.717, 1.165) is 11.1 Å². The van der Waals surface area contributed by atoms with Gasteiger partial charge in [-0.25, -0.2) is 4.98 Å². The second-order valence-corrected chi connectivity index (χ2v) is 6.04. The van der Waals surface area contributed by atoms with Crippen LogP contribution in [0.15, 0.2) is 42.6 Å². The molecule has 5 heteroatoms. The van der Waals surface area contributed by atoms with E-state index < -0.39 is 11.4 Å². The van der Waals surface area contributed by atoms with Gasteiger partial charge in [0, 0.05) is 12.1 Å². The summed E-state index contributed by atoms with van der Waals surface area (Å²) in [7, 11) is 1.49. The number of ether oxygens (including phenoxy) is 1. The number of aliphatic carboxylic acids is 1. The number of benzene rings is 1. The van der Waals surface area contributed by atoms with Crippen molar-refractivity contribution in [1.29, 1.82) is 0 Å². The molecule has 0 saturated heterocycles. The molecule has 0 saturated carbocycles. The zero-order valence-electron chi connectivity index (χ0n) is 12.7. The van der Waals surface area contributed by atoms with Crippen LogP contribution in [-0.2, 0) is 4.79 Å². The molecule has 22 heavy (non-hydrogen) atoms. The summed E-state index contributed by atoms with van der Waals surface area (Å²) in [4.78, 5) is 15.9. The van der Waals surface area contributed by atoms with Gasteiger partial charge >= 0.3 is 5.97 Å². The molecule has 0 bridgehead atoms. The number of nitrogens with zero attached hydrogens (tertiary/aromatic N) is 1. The summed E-state index contributed by atoms with van der Waals surface area (Å²) in [5.41, 5.74) is 0.628. The molecule has 0 aliphatic rings. The molecular weight excluding hydrogens is 302 g/mol. The van der Waals surface area contributed by atoms with Crippen molar-refractivity contribution < 1.29 is 14.6 Å². The minimum atomic E-state index is -1.01. The molecule has 1 unspecified atom stereocenters. The number of methoxy groups -OCH3 is 1. The highest BCUT2D eigenvalue weighted by Gasteiger charge is 2.39. The molecule has 0 aliphatic heterocycles. The maximum atomic E-state index is 11.7. The lowest BCUT2D eigenvalue weighted by Crippen LogP contribution is -2.32. The first kappa shape index (κ1) is 16.3. The lowest BCUT2D eigenvalue weighted by atomic mass is 9.71. The van der Waals surface area contributed by atoms with E-state index >= 15 is 0 Å². The number of carbonyl (C=O) groups is 1. The van der Waals surface area contributed by atoms with Crippen molar-refractivity contribution in [3.63, 3.8) is 0 Å². The van der Waals surface area contributed by atoms with Crippen molar-refractivity contribution in [2.24, 2.45) is 5.41 Å². The fraction of sp³-hybridized carbons (Fsp3) is 0.294. The van der Waals surface area contributed by atoms with Crippen LogP contribution < -0.4 is 4.74 Å². The molecule has 4 nitrogen and oxygen atoms in total. The SMILES string of the molecule is COc1ncc(C(c2ccccc2)C(C)(C)C(=O)O)cc1Cl. The maximum absolute atomic E-state index is 11.7. The fourth-order valence-electron chi connectivity index (χ4n) is 2.54. The van der Waals surface area contributed by atoms with Gasteiger partial charge in [0.2, 0.25) is 5.88 Å². The highest BCUT2D eigenvalue weighted by molar-refractivity contribution is 6.31. The van der Waals surface area contributed by atoms with Gasteiger partial charge in [-0.2, -0.15) is 0 Å². The van der Waals surface area contributed by atoms with Gasteiger partial charge in [-0.3, -0.25) is 4.79 Å². The van der Waals surface area contributed by atoms with Crippen LogP contribution >= 0.6 is 11.6 Å². The van der Waals surface area contributed by atoms with E-state index in [4.69, 9.17) is 16.3 Å². The Bertz CT molecular complexity index is 671. The fourth-order valence-corrected chi connectivity index (χ4v) is 2.79. The van der Waals surface area contributed by atoms with E-state index in [-0.39, 0.29) is 5.92 Å². The van der Waals surface area contributed by atoms with Gasteiger partial charge in [0.15, 0.2) is 0 Å². The highest BCUT2D eigenvalue weighted by Crippen LogP contribution is 2.42. The molecule has 116 valence electrons. The lowest BCUT2D eigenvalue weighted by molar-refractivity contribution is -0.147. The van der Waals surface area contributed by atoms with Crippen LogP contribution in [0.1, 0.15) is 30.9 Å². The minimum absolute atomic E-state index is 0.324. The Balaban J connectivity index is 2.59. The summed E-state index contributed by atoms with van der Waals surface area (Å²) in [5.74, 6) is -0.930. The molecule has 2 aromatic rings. The monoisotopic (exact) mass is 319 g/mol. The summed E-state index contributed by atoms with van der Waals surface area (Å²) in [6, 6.07) is 11.2. The largest absolute Gasteiger partial charge is 0.481 e. The Kier molecular flexibility index (Phi) is 4.71.